The van der Waals surface area contributed by atoms with Crippen LogP contribution in [0.4, 0.5) is 8.78 Å². The standard InChI is InChI=1S/C26H40F2O5/c1-2-3-13-26(27,28)23(29)12-11-20-21-16-18(8-4-5-9-24(30)31)15-19(21)17-22(20)33-25-10-6-7-14-32-25/h8,11-12,19-23,25,29H,2-7,9-10,13-17H2,1H3,(H,30,31)/t19-,20-,21-,22+,23+,25-/m0/s1. The molecule has 0 amide bonds. The molecule has 188 valence electrons. The van der Waals surface area contributed by atoms with Crippen LogP contribution < -0.4 is 0 Å². The number of carbonyl (C=O) groups is 1. The Labute approximate surface area is 196 Å². The zero-order valence-electron chi connectivity index (χ0n) is 19.8. The second kappa shape index (κ2) is 12.4. The van der Waals surface area contributed by atoms with Crippen LogP contribution in [0.1, 0.15) is 84.0 Å². The van der Waals surface area contributed by atoms with Gasteiger partial charge < -0.3 is 19.7 Å². The predicted molar refractivity (Wildman–Crippen MR) is 122 cm³/mol. The maximum atomic E-state index is 14.3. The number of aliphatic hydroxyl groups is 1. The SMILES string of the molecule is CCCCC(F)(F)[C@H](O)C=C[C@H]1[C@H]2CC(=CCCCC(=O)O)C[C@H]2C[C@H]1O[C@H]1CCCCO1. The number of aliphatic hydroxyl groups excluding tert-OH is 1. The number of aliphatic carboxylic acids is 1. The quantitative estimate of drug-likeness (QED) is 0.276. The van der Waals surface area contributed by atoms with E-state index >= 15 is 0 Å². The summed E-state index contributed by atoms with van der Waals surface area (Å²) in [5.74, 6) is -3.24. The van der Waals surface area contributed by atoms with Gasteiger partial charge in [-0.15, -0.1) is 0 Å². The molecular weight excluding hydrogens is 430 g/mol. The van der Waals surface area contributed by atoms with Gasteiger partial charge in [-0.25, -0.2) is 8.78 Å². The molecule has 5 nitrogen and oxygen atoms in total. The number of unbranched alkanes of at least 4 members (excludes halogenated alkanes) is 2. The number of halogens is 2. The Morgan fingerprint density at radius 1 is 1.30 bits per heavy atom. The molecular formula is C26H40F2O5. The van der Waals surface area contributed by atoms with Crippen molar-refractivity contribution in [3.8, 4) is 0 Å². The predicted octanol–water partition coefficient (Wildman–Crippen LogP) is 5.87. The zero-order chi connectivity index (χ0) is 23.8. The fourth-order valence-corrected chi connectivity index (χ4v) is 5.57. The minimum atomic E-state index is -3.13. The van der Waals surface area contributed by atoms with Crippen LogP contribution >= 0.6 is 0 Å². The highest BCUT2D eigenvalue weighted by molar-refractivity contribution is 5.66. The summed E-state index contributed by atoms with van der Waals surface area (Å²) in [6, 6.07) is 0. The van der Waals surface area contributed by atoms with Crippen molar-refractivity contribution in [1.82, 2.24) is 0 Å². The van der Waals surface area contributed by atoms with Gasteiger partial charge in [-0.1, -0.05) is 37.1 Å². The normalized spacial score (nSPS) is 32.5. The summed E-state index contributed by atoms with van der Waals surface area (Å²) in [4.78, 5) is 10.7. The van der Waals surface area contributed by atoms with Crippen molar-refractivity contribution in [3.63, 3.8) is 0 Å². The molecule has 0 aromatic carbocycles. The average Bonchev–Trinajstić information content (AvgIpc) is 3.31. The van der Waals surface area contributed by atoms with Crippen LogP contribution in [0.3, 0.4) is 0 Å². The number of hydrogen-bond donors (Lipinski definition) is 2. The lowest BCUT2D eigenvalue weighted by Crippen LogP contribution is -2.33. The number of carboxylic acids is 1. The largest absolute Gasteiger partial charge is 0.481 e. The fourth-order valence-electron chi connectivity index (χ4n) is 5.57. The molecule has 2 saturated carbocycles. The van der Waals surface area contributed by atoms with Crippen LogP contribution in [-0.4, -0.2) is 47.2 Å². The van der Waals surface area contributed by atoms with Gasteiger partial charge >= 0.3 is 5.97 Å². The third kappa shape index (κ3) is 7.59. The van der Waals surface area contributed by atoms with Crippen LogP contribution in [0.2, 0.25) is 0 Å². The molecule has 2 aliphatic carbocycles. The fraction of sp³-hybridized carbons (Fsp3) is 0.808. The number of hydrogen-bond acceptors (Lipinski definition) is 4. The summed E-state index contributed by atoms with van der Waals surface area (Å²) in [6.45, 7) is 2.55. The van der Waals surface area contributed by atoms with Crippen molar-refractivity contribution in [1.29, 1.82) is 0 Å². The van der Waals surface area contributed by atoms with Gasteiger partial charge in [-0.05, 0) is 69.6 Å². The Kier molecular flexibility index (Phi) is 9.89. The summed E-state index contributed by atoms with van der Waals surface area (Å²) in [5, 5.41) is 19.0. The summed E-state index contributed by atoms with van der Waals surface area (Å²) in [7, 11) is 0. The van der Waals surface area contributed by atoms with Gasteiger partial charge in [0.05, 0.1) is 6.10 Å². The van der Waals surface area contributed by atoms with Crippen molar-refractivity contribution in [3.05, 3.63) is 23.8 Å². The van der Waals surface area contributed by atoms with E-state index in [0.29, 0.717) is 31.8 Å². The summed E-state index contributed by atoms with van der Waals surface area (Å²) < 4.78 is 40.7. The van der Waals surface area contributed by atoms with Crippen LogP contribution in [0, 0.1) is 17.8 Å². The number of fused-ring (bicyclic) bond motifs is 1. The highest BCUT2D eigenvalue weighted by Crippen LogP contribution is 2.52. The molecule has 6 atom stereocenters. The Bertz CT molecular complexity index is 686. The highest BCUT2D eigenvalue weighted by Gasteiger charge is 2.47. The van der Waals surface area contributed by atoms with Gasteiger partial charge in [0.25, 0.3) is 5.92 Å². The van der Waals surface area contributed by atoms with E-state index in [1.165, 1.54) is 11.6 Å². The topological polar surface area (TPSA) is 76.0 Å². The summed E-state index contributed by atoms with van der Waals surface area (Å²) in [6.07, 6.45) is 11.0. The number of rotatable bonds is 12. The van der Waals surface area contributed by atoms with E-state index in [1.807, 2.05) is 6.92 Å². The summed E-state index contributed by atoms with van der Waals surface area (Å²) in [5.41, 5.74) is 1.33. The first-order chi connectivity index (χ1) is 15.8. The van der Waals surface area contributed by atoms with Crippen LogP contribution in [0.5, 0.6) is 0 Å². The first-order valence-electron chi connectivity index (χ1n) is 12.7. The molecule has 0 bridgehead atoms. The molecule has 0 radical (unpaired) electrons. The van der Waals surface area contributed by atoms with E-state index in [4.69, 9.17) is 14.6 Å². The van der Waals surface area contributed by atoms with Gasteiger partial charge in [0, 0.05) is 25.4 Å². The molecule has 1 heterocycles. The van der Waals surface area contributed by atoms with Crippen molar-refractivity contribution < 1.29 is 33.3 Å². The minimum Gasteiger partial charge on any atom is -0.481 e. The molecule has 1 saturated heterocycles. The molecule has 1 aliphatic heterocycles. The van der Waals surface area contributed by atoms with Crippen LogP contribution in [0.25, 0.3) is 0 Å². The van der Waals surface area contributed by atoms with Crippen molar-refractivity contribution in [2.45, 2.75) is 108 Å². The number of allylic oxidation sites excluding steroid dienone is 2. The van der Waals surface area contributed by atoms with E-state index in [9.17, 15) is 18.7 Å². The number of ether oxygens (including phenoxy) is 2. The molecule has 0 aromatic rings. The van der Waals surface area contributed by atoms with E-state index < -0.39 is 18.0 Å². The van der Waals surface area contributed by atoms with Gasteiger partial charge in [0.1, 0.15) is 6.10 Å². The highest BCUT2D eigenvalue weighted by atomic mass is 19.3. The molecule has 7 heteroatoms. The molecule has 0 unspecified atom stereocenters. The Morgan fingerprint density at radius 3 is 2.82 bits per heavy atom. The van der Waals surface area contributed by atoms with E-state index in [1.54, 1.807) is 6.08 Å². The van der Waals surface area contributed by atoms with Crippen LogP contribution in [-0.2, 0) is 14.3 Å². The van der Waals surface area contributed by atoms with Crippen molar-refractivity contribution in [2.75, 3.05) is 6.61 Å². The van der Waals surface area contributed by atoms with Gasteiger partial charge in [-0.2, -0.15) is 0 Å². The minimum absolute atomic E-state index is 0.0397. The van der Waals surface area contributed by atoms with E-state index in [2.05, 4.69) is 6.08 Å². The zero-order valence-corrected chi connectivity index (χ0v) is 19.8. The number of alkyl halides is 2. The molecule has 3 aliphatic rings. The maximum absolute atomic E-state index is 14.3. The van der Waals surface area contributed by atoms with Gasteiger partial charge in [-0.3, -0.25) is 4.79 Å². The second-order valence-electron chi connectivity index (χ2n) is 9.96. The first-order valence-corrected chi connectivity index (χ1v) is 12.7. The smallest absolute Gasteiger partial charge is 0.303 e. The molecule has 2 N–H and O–H groups in total. The van der Waals surface area contributed by atoms with E-state index in [0.717, 1.165) is 44.9 Å². The Hall–Kier alpha value is -1.31. The number of carboxylic acid groups (broad SMARTS) is 1. The Balaban J connectivity index is 1.66. The van der Waals surface area contributed by atoms with Crippen molar-refractivity contribution >= 4 is 5.97 Å². The molecule has 0 aromatic heterocycles. The first kappa shape index (κ1) is 26.3. The molecule has 3 rings (SSSR count). The molecule has 33 heavy (non-hydrogen) atoms. The molecule has 0 spiro atoms. The summed E-state index contributed by atoms with van der Waals surface area (Å²) >= 11 is 0. The lowest BCUT2D eigenvalue weighted by atomic mass is 9.89. The third-order valence-electron chi connectivity index (χ3n) is 7.39. The van der Waals surface area contributed by atoms with Gasteiger partial charge in [0.15, 0.2) is 6.29 Å². The van der Waals surface area contributed by atoms with E-state index in [-0.39, 0.29) is 37.1 Å². The lowest BCUT2D eigenvalue weighted by molar-refractivity contribution is -0.193. The lowest BCUT2D eigenvalue weighted by Gasteiger charge is -2.29. The Morgan fingerprint density at radius 2 is 2.12 bits per heavy atom. The maximum Gasteiger partial charge on any atom is 0.303 e. The monoisotopic (exact) mass is 470 g/mol. The molecule has 3 fully saturated rings. The van der Waals surface area contributed by atoms with Crippen molar-refractivity contribution in [2.24, 2.45) is 17.8 Å². The third-order valence-corrected chi connectivity index (χ3v) is 7.39. The van der Waals surface area contributed by atoms with Crippen LogP contribution in [0.15, 0.2) is 23.8 Å². The van der Waals surface area contributed by atoms with Gasteiger partial charge in [0.2, 0.25) is 0 Å². The second-order valence-corrected chi connectivity index (χ2v) is 9.96. The average molecular weight is 471 g/mol.